The lowest BCUT2D eigenvalue weighted by molar-refractivity contribution is 0.133. The molecular formula is C12H23NO3S. The van der Waals surface area contributed by atoms with Crippen LogP contribution in [-0.2, 0) is 9.84 Å². The Morgan fingerprint density at radius 2 is 2.00 bits per heavy atom. The molecule has 0 aromatic rings. The Morgan fingerprint density at radius 3 is 2.53 bits per heavy atom. The first-order chi connectivity index (χ1) is 7.77. The molecule has 1 heterocycles. The minimum absolute atomic E-state index is 0.0826. The summed E-state index contributed by atoms with van der Waals surface area (Å²) in [5.74, 6) is 0.00583. The van der Waals surface area contributed by atoms with E-state index in [1.165, 1.54) is 12.8 Å². The van der Waals surface area contributed by atoms with E-state index in [1.54, 1.807) is 0 Å². The first-order valence-electron chi connectivity index (χ1n) is 6.42. The van der Waals surface area contributed by atoms with E-state index >= 15 is 0 Å². The van der Waals surface area contributed by atoms with Gasteiger partial charge in [0.05, 0.1) is 17.6 Å². The number of rotatable bonds is 2. The van der Waals surface area contributed by atoms with Crippen molar-refractivity contribution in [3.8, 4) is 0 Å². The summed E-state index contributed by atoms with van der Waals surface area (Å²) in [5, 5.41) is 13.1. The molecule has 3 unspecified atom stereocenters. The quantitative estimate of drug-likeness (QED) is 0.768. The van der Waals surface area contributed by atoms with Gasteiger partial charge in [0.1, 0.15) is 0 Å². The molecule has 1 saturated heterocycles. The van der Waals surface area contributed by atoms with Crippen LogP contribution in [0.4, 0.5) is 0 Å². The van der Waals surface area contributed by atoms with Crippen molar-refractivity contribution in [2.45, 2.75) is 57.7 Å². The SMILES string of the molecule is CC1(C)CCCC(NC2CS(=O)(=O)CC2O)C1. The van der Waals surface area contributed by atoms with E-state index in [0.717, 1.165) is 12.8 Å². The predicted octanol–water partition coefficient (Wildman–Crippen LogP) is 0.703. The van der Waals surface area contributed by atoms with Gasteiger partial charge in [0.15, 0.2) is 9.84 Å². The molecule has 3 atom stereocenters. The van der Waals surface area contributed by atoms with Crippen LogP contribution in [0.15, 0.2) is 0 Å². The van der Waals surface area contributed by atoms with Crippen molar-refractivity contribution in [1.82, 2.24) is 5.32 Å². The van der Waals surface area contributed by atoms with Crippen LogP contribution in [0.2, 0.25) is 0 Å². The molecule has 0 aromatic heterocycles. The van der Waals surface area contributed by atoms with Crippen molar-refractivity contribution in [2.24, 2.45) is 5.41 Å². The van der Waals surface area contributed by atoms with Crippen LogP contribution in [0.5, 0.6) is 0 Å². The number of aliphatic hydroxyl groups is 1. The van der Waals surface area contributed by atoms with Gasteiger partial charge in [-0.15, -0.1) is 0 Å². The predicted molar refractivity (Wildman–Crippen MR) is 67.6 cm³/mol. The fraction of sp³-hybridized carbons (Fsp3) is 1.00. The van der Waals surface area contributed by atoms with Crippen LogP contribution in [0, 0.1) is 5.41 Å². The van der Waals surface area contributed by atoms with E-state index in [4.69, 9.17) is 0 Å². The molecule has 0 amide bonds. The molecule has 0 spiro atoms. The Morgan fingerprint density at radius 1 is 1.29 bits per heavy atom. The van der Waals surface area contributed by atoms with Crippen LogP contribution in [0.1, 0.15) is 39.5 Å². The largest absolute Gasteiger partial charge is 0.390 e. The fourth-order valence-electron chi connectivity index (χ4n) is 3.13. The van der Waals surface area contributed by atoms with Gasteiger partial charge in [-0.05, 0) is 24.7 Å². The number of nitrogens with one attached hydrogen (secondary N) is 1. The molecule has 1 saturated carbocycles. The molecule has 2 N–H and O–H groups in total. The van der Waals surface area contributed by atoms with Gasteiger partial charge in [0, 0.05) is 12.1 Å². The maximum Gasteiger partial charge on any atom is 0.154 e. The third-order valence-corrected chi connectivity index (χ3v) is 5.69. The van der Waals surface area contributed by atoms with Gasteiger partial charge in [-0.1, -0.05) is 20.3 Å². The molecule has 1 aliphatic carbocycles. The third-order valence-electron chi connectivity index (χ3n) is 3.98. The number of hydrogen-bond donors (Lipinski definition) is 2. The molecule has 0 aromatic carbocycles. The Bertz CT molecular complexity index is 377. The summed E-state index contributed by atoms with van der Waals surface area (Å²) in [4.78, 5) is 0. The molecule has 17 heavy (non-hydrogen) atoms. The van der Waals surface area contributed by atoms with E-state index in [-0.39, 0.29) is 17.5 Å². The zero-order valence-electron chi connectivity index (χ0n) is 10.6. The van der Waals surface area contributed by atoms with Gasteiger partial charge in [-0.3, -0.25) is 0 Å². The summed E-state index contributed by atoms with van der Waals surface area (Å²) >= 11 is 0. The van der Waals surface area contributed by atoms with Gasteiger partial charge in [-0.25, -0.2) is 8.42 Å². The third kappa shape index (κ3) is 3.42. The molecule has 1 aliphatic heterocycles. The summed E-state index contributed by atoms with van der Waals surface area (Å²) in [6.07, 6.45) is 3.84. The topological polar surface area (TPSA) is 66.4 Å². The standard InChI is InChI=1S/C12H23NO3S/c1-12(2)5-3-4-9(6-12)13-10-7-17(15,16)8-11(10)14/h9-11,13-14H,3-8H2,1-2H3. The summed E-state index contributed by atoms with van der Waals surface area (Å²) in [6, 6.07) is 0.0885. The molecule has 2 fully saturated rings. The maximum absolute atomic E-state index is 11.4. The van der Waals surface area contributed by atoms with Crippen LogP contribution in [0.3, 0.4) is 0 Å². The smallest absolute Gasteiger partial charge is 0.154 e. The van der Waals surface area contributed by atoms with Crippen LogP contribution in [0.25, 0.3) is 0 Å². The van der Waals surface area contributed by atoms with E-state index in [0.29, 0.717) is 11.5 Å². The van der Waals surface area contributed by atoms with Crippen LogP contribution in [-0.4, -0.2) is 43.2 Å². The van der Waals surface area contributed by atoms with E-state index in [2.05, 4.69) is 19.2 Å². The highest BCUT2D eigenvalue weighted by Gasteiger charge is 2.38. The molecule has 2 rings (SSSR count). The second-order valence-corrected chi connectivity index (χ2v) is 8.53. The first kappa shape index (κ1) is 13.3. The summed E-state index contributed by atoms with van der Waals surface area (Å²) < 4.78 is 22.8. The Kier molecular flexibility index (Phi) is 3.54. The zero-order chi connectivity index (χ0) is 12.7. The highest BCUT2D eigenvalue weighted by atomic mass is 32.2. The molecular weight excluding hydrogens is 238 g/mol. The average Bonchev–Trinajstić information content (AvgIpc) is 2.37. The van der Waals surface area contributed by atoms with Gasteiger partial charge in [-0.2, -0.15) is 0 Å². The second kappa shape index (κ2) is 4.52. The van der Waals surface area contributed by atoms with E-state index in [1.807, 2.05) is 0 Å². The highest BCUT2D eigenvalue weighted by molar-refractivity contribution is 7.91. The monoisotopic (exact) mass is 261 g/mol. The lowest BCUT2D eigenvalue weighted by Gasteiger charge is -2.37. The minimum atomic E-state index is -3.04. The maximum atomic E-state index is 11.4. The van der Waals surface area contributed by atoms with Crippen LogP contribution >= 0.6 is 0 Å². The molecule has 0 radical (unpaired) electrons. The zero-order valence-corrected chi connectivity index (χ0v) is 11.5. The normalized spacial score (nSPS) is 40.3. The van der Waals surface area contributed by atoms with Crippen molar-refractivity contribution in [1.29, 1.82) is 0 Å². The number of aliphatic hydroxyl groups excluding tert-OH is 1. The lowest BCUT2D eigenvalue weighted by atomic mass is 9.75. The summed E-state index contributed by atoms with van der Waals surface area (Å²) in [7, 11) is -3.04. The summed E-state index contributed by atoms with van der Waals surface area (Å²) in [6.45, 7) is 4.51. The summed E-state index contributed by atoms with van der Waals surface area (Å²) in [5.41, 5.74) is 0.332. The Balaban J connectivity index is 1.93. The van der Waals surface area contributed by atoms with Crippen molar-refractivity contribution in [2.75, 3.05) is 11.5 Å². The van der Waals surface area contributed by atoms with Gasteiger partial charge in [0.25, 0.3) is 0 Å². The van der Waals surface area contributed by atoms with Gasteiger partial charge in [0.2, 0.25) is 0 Å². The highest BCUT2D eigenvalue weighted by Crippen LogP contribution is 2.35. The number of hydrogen-bond acceptors (Lipinski definition) is 4. The first-order valence-corrected chi connectivity index (χ1v) is 8.24. The molecule has 5 heteroatoms. The van der Waals surface area contributed by atoms with Gasteiger partial charge < -0.3 is 10.4 Å². The van der Waals surface area contributed by atoms with Crippen LogP contribution < -0.4 is 5.32 Å². The Hall–Kier alpha value is -0.130. The second-order valence-electron chi connectivity index (χ2n) is 6.37. The van der Waals surface area contributed by atoms with Gasteiger partial charge >= 0.3 is 0 Å². The Labute approximate surface area is 104 Å². The lowest BCUT2D eigenvalue weighted by Crippen LogP contribution is -2.47. The minimum Gasteiger partial charge on any atom is -0.390 e. The molecule has 100 valence electrons. The molecule has 0 bridgehead atoms. The van der Waals surface area contributed by atoms with Crippen molar-refractivity contribution < 1.29 is 13.5 Å². The number of sulfone groups is 1. The van der Waals surface area contributed by atoms with Crippen molar-refractivity contribution in [3.63, 3.8) is 0 Å². The molecule has 4 nitrogen and oxygen atoms in total. The fourth-order valence-corrected chi connectivity index (χ4v) is 4.89. The van der Waals surface area contributed by atoms with E-state index < -0.39 is 15.9 Å². The van der Waals surface area contributed by atoms with Crippen molar-refractivity contribution >= 4 is 9.84 Å². The van der Waals surface area contributed by atoms with Crippen molar-refractivity contribution in [3.05, 3.63) is 0 Å². The van der Waals surface area contributed by atoms with E-state index in [9.17, 15) is 13.5 Å². The average molecular weight is 261 g/mol. The molecule has 2 aliphatic rings.